The molecule has 0 saturated carbocycles. The van der Waals surface area contributed by atoms with Crippen LogP contribution in [0.3, 0.4) is 0 Å². The maximum atomic E-state index is 12.4. The first-order chi connectivity index (χ1) is 12.1. The second-order valence-corrected chi connectivity index (χ2v) is 6.45. The highest BCUT2D eigenvalue weighted by atomic mass is 35.5. The van der Waals surface area contributed by atoms with E-state index < -0.39 is 0 Å². The number of carbonyl (C=O) groups is 1. The number of piperazine rings is 1. The van der Waals surface area contributed by atoms with Gasteiger partial charge in [-0.15, -0.1) is 0 Å². The van der Waals surface area contributed by atoms with E-state index in [0.29, 0.717) is 47.5 Å². The number of nitrogens with zero attached hydrogens (tertiary/aromatic N) is 3. The van der Waals surface area contributed by atoms with E-state index in [1.54, 1.807) is 29.2 Å². The number of rotatable bonds is 2. The van der Waals surface area contributed by atoms with E-state index in [4.69, 9.17) is 28.5 Å². The zero-order chi connectivity index (χ0) is 17.8. The smallest absolute Gasteiger partial charge is 0.322 e. The molecule has 0 aliphatic carbocycles. The third kappa shape index (κ3) is 3.98. The van der Waals surface area contributed by atoms with Gasteiger partial charge in [0.1, 0.15) is 0 Å². The van der Waals surface area contributed by atoms with Crippen molar-refractivity contribution in [1.82, 2.24) is 4.90 Å². The van der Waals surface area contributed by atoms with E-state index in [1.807, 2.05) is 18.2 Å². The summed E-state index contributed by atoms with van der Waals surface area (Å²) in [5.41, 5.74) is 2.13. The third-order valence-corrected chi connectivity index (χ3v) is 4.92. The Balaban J connectivity index is 1.61. The van der Waals surface area contributed by atoms with Gasteiger partial charge in [0.25, 0.3) is 0 Å². The number of carbonyl (C=O) groups excluding carboxylic acids is 1. The molecular weight excluding hydrogens is 359 g/mol. The van der Waals surface area contributed by atoms with Gasteiger partial charge in [-0.1, -0.05) is 35.3 Å². The number of hydrogen-bond donors (Lipinski definition) is 1. The van der Waals surface area contributed by atoms with Crippen LogP contribution >= 0.6 is 23.2 Å². The van der Waals surface area contributed by atoms with Gasteiger partial charge in [-0.05, 0) is 30.3 Å². The second kappa shape index (κ2) is 7.64. The normalized spacial score (nSPS) is 14.1. The van der Waals surface area contributed by atoms with Gasteiger partial charge in [0, 0.05) is 31.9 Å². The first-order valence-corrected chi connectivity index (χ1v) is 8.59. The summed E-state index contributed by atoms with van der Waals surface area (Å²) in [6, 6.07) is 14.6. The number of hydrogen-bond acceptors (Lipinski definition) is 3. The molecule has 1 heterocycles. The summed E-state index contributed by atoms with van der Waals surface area (Å²) in [7, 11) is 0. The SMILES string of the molecule is N#Cc1cccc(N2CCN(C(=O)Nc3cccc(Cl)c3Cl)CC2)c1. The molecule has 0 radical (unpaired) electrons. The molecule has 0 bridgehead atoms. The van der Waals surface area contributed by atoms with Gasteiger partial charge in [-0.3, -0.25) is 0 Å². The van der Waals surface area contributed by atoms with Crippen LogP contribution in [-0.4, -0.2) is 37.1 Å². The van der Waals surface area contributed by atoms with Crippen molar-refractivity contribution in [2.75, 3.05) is 36.4 Å². The fourth-order valence-electron chi connectivity index (χ4n) is 2.73. The topological polar surface area (TPSA) is 59.4 Å². The number of anilines is 2. The van der Waals surface area contributed by atoms with Crippen LogP contribution in [0.2, 0.25) is 10.0 Å². The zero-order valence-electron chi connectivity index (χ0n) is 13.4. The van der Waals surface area contributed by atoms with Crippen LogP contribution in [-0.2, 0) is 0 Å². The zero-order valence-corrected chi connectivity index (χ0v) is 14.9. The lowest BCUT2D eigenvalue weighted by Crippen LogP contribution is -2.50. The van der Waals surface area contributed by atoms with E-state index in [9.17, 15) is 4.79 Å². The molecule has 2 amide bonds. The predicted molar refractivity (Wildman–Crippen MR) is 100 cm³/mol. The fourth-order valence-corrected chi connectivity index (χ4v) is 3.08. The lowest BCUT2D eigenvalue weighted by atomic mass is 10.2. The van der Waals surface area contributed by atoms with Crippen molar-refractivity contribution in [2.24, 2.45) is 0 Å². The number of amides is 2. The lowest BCUT2D eigenvalue weighted by Gasteiger charge is -2.36. The first kappa shape index (κ1) is 17.4. The van der Waals surface area contributed by atoms with Crippen molar-refractivity contribution < 1.29 is 4.79 Å². The monoisotopic (exact) mass is 374 g/mol. The summed E-state index contributed by atoms with van der Waals surface area (Å²) in [6.45, 7) is 2.57. The Morgan fingerprint density at radius 3 is 2.52 bits per heavy atom. The number of nitrogens with one attached hydrogen (secondary N) is 1. The van der Waals surface area contributed by atoms with Crippen molar-refractivity contribution >= 4 is 40.6 Å². The number of halogens is 2. The number of benzene rings is 2. The number of urea groups is 1. The Labute approximate surface area is 156 Å². The van der Waals surface area contributed by atoms with E-state index in [-0.39, 0.29) is 6.03 Å². The van der Waals surface area contributed by atoms with Crippen molar-refractivity contribution in [3.63, 3.8) is 0 Å². The van der Waals surface area contributed by atoms with Gasteiger partial charge in [0.15, 0.2) is 0 Å². The van der Waals surface area contributed by atoms with Crippen LogP contribution in [0.25, 0.3) is 0 Å². The Morgan fingerprint density at radius 1 is 1.08 bits per heavy atom. The number of nitriles is 1. The summed E-state index contributed by atoms with van der Waals surface area (Å²) in [5.74, 6) is 0. The van der Waals surface area contributed by atoms with Crippen molar-refractivity contribution in [3.8, 4) is 6.07 Å². The molecule has 2 aromatic rings. The van der Waals surface area contributed by atoms with E-state index in [2.05, 4.69) is 16.3 Å². The molecule has 1 aliphatic heterocycles. The van der Waals surface area contributed by atoms with Crippen LogP contribution in [0, 0.1) is 11.3 Å². The van der Waals surface area contributed by atoms with Crippen LogP contribution < -0.4 is 10.2 Å². The Bertz CT molecular complexity index is 826. The maximum absolute atomic E-state index is 12.4. The minimum atomic E-state index is -0.199. The van der Waals surface area contributed by atoms with Crippen LogP contribution in [0.1, 0.15) is 5.56 Å². The molecule has 0 unspecified atom stereocenters. The van der Waals surface area contributed by atoms with Crippen molar-refractivity contribution in [2.45, 2.75) is 0 Å². The largest absolute Gasteiger partial charge is 0.368 e. The molecule has 25 heavy (non-hydrogen) atoms. The van der Waals surface area contributed by atoms with Crippen molar-refractivity contribution in [3.05, 3.63) is 58.1 Å². The Kier molecular flexibility index (Phi) is 5.32. The van der Waals surface area contributed by atoms with Crippen LogP contribution in [0.4, 0.5) is 16.2 Å². The van der Waals surface area contributed by atoms with Gasteiger partial charge in [0.05, 0.1) is 27.4 Å². The summed E-state index contributed by atoms with van der Waals surface area (Å²) in [4.78, 5) is 16.3. The molecule has 3 rings (SSSR count). The highest BCUT2D eigenvalue weighted by Crippen LogP contribution is 2.29. The molecule has 1 aliphatic rings. The standard InChI is InChI=1S/C18H16Cl2N4O/c19-15-5-2-6-16(17(15)20)22-18(25)24-9-7-23(8-10-24)14-4-1-3-13(11-14)12-21/h1-6,11H,7-10H2,(H,22,25). The second-order valence-electron chi connectivity index (χ2n) is 5.67. The molecule has 1 saturated heterocycles. The quantitative estimate of drug-likeness (QED) is 0.855. The average Bonchev–Trinajstić information content (AvgIpc) is 2.65. The summed E-state index contributed by atoms with van der Waals surface area (Å²) in [5, 5.41) is 12.6. The molecular formula is C18H16Cl2N4O. The molecule has 0 aromatic heterocycles. The Morgan fingerprint density at radius 2 is 1.80 bits per heavy atom. The van der Waals surface area contributed by atoms with Crippen LogP contribution in [0.15, 0.2) is 42.5 Å². The summed E-state index contributed by atoms with van der Waals surface area (Å²) >= 11 is 12.1. The van der Waals surface area contributed by atoms with Gasteiger partial charge < -0.3 is 15.1 Å². The highest BCUT2D eigenvalue weighted by molar-refractivity contribution is 6.43. The van der Waals surface area contributed by atoms with Gasteiger partial charge >= 0.3 is 6.03 Å². The average molecular weight is 375 g/mol. The van der Waals surface area contributed by atoms with Crippen LogP contribution in [0.5, 0.6) is 0 Å². The van der Waals surface area contributed by atoms with Crippen molar-refractivity contribution in [1.29, 1.82) is 5.26 Å². The predicted octanol–water partition coefficient (Wildman–Crippen LogP) is 4.22. The fraction of sp³-hybridized carbons (Fsp3) is 0.222. The van der Waals surface area contributed by atoms with E-state index >= 15 is 0 Å². The Hall–Kier alpha value is -2.42. The molecule has 2 aromatic carbocycles. The highest BCUT2D eigenvalue weighted by Gasteiger charge is 2.22. The van der Waals surface area contributed by atoms with Gasteiger partial charge in [0.2, 0.25) is 0 Å². The maximum Gasteiger partial charge on any atom is 0.322 e. The molecule has 1 N–H and O–H groups in total. The third-order valence-electron chi connectivity index (χ3n) is 4.10. The first-order valence-electron chi connectivity index (χ1n) is 7.83. The van der Waals surface area contributed by atoms with E-state index in [1.165, 1.54) is 0 Å². The minimum Gasteiger partial charge on any atom is -0.368 e. The molecule has 5 nitrogen and oxygen atoms in total. The van der Waals surface area contributed by atoms with E-state index in [0.717, 1.165) is 5.69 Å². The van der Waals surface area contributed by atoms with Gasteiger partial charge in [-0.25, -0.2) is 4.79 Å². The molecule has 0 atom stereocenters. The molecule has 7 heteroatoms. The molecule has 0 spiro atoms. The molecule has 128 valence electrons. The summed E-state index contributed by atoms with van der Waals surface area (Å²) < 4.78 is 0. The van der Waals surface area contributed by atoms with Gasteiger partial charge in [-0.2, -0.15) is 5.26 Å². The summed E-state index contributed by atoms with van der Waals surface area (Å²) in [6.07, 6.45) is 0. The molecule has 1 fully saturated rings. The lowest BCUT2D eigenvalue weighted by molar-refractivity contribution is 0.208. The minimum absolute atomic E-state index is 0.199.